The van der Waals surface area contributed by atoms with Gasteiger partial charge in [-0.25, -0.2) is 8.42 Å². The molecule has 2 aliphatic heterocycles. The fourth-order valence-electron chi connectivity index (χ4n) is 4.32. The van der Waals surface area contributed by atoms with Crippen molar-refractivity contribution in [3.05, 3.63) is 60.2 Å². The highest BCUT2D eigenvalue weighted by atomic mass is 32.2. The number of likely N-dealkylation sites (tertiary alicyclic amines) is 1. The normalized spacial score (nSPS) is 19.6. The Labute approximate surface area is 189 Å². The first kappa shape index (κ1) is 22.5. The van der Waals surface area contributed by atoms with Crippen molar-refractivity contribution in [2.45, 2.75) is 37.0 Å². The molecule has 2 heterocycles. The lowest BCUT2D eigenvalue weighted by atomic mass is 9.98. The van der Waals surface area contributed by atoms with Crippen LogP contribution in [-0.2, 0) is 26.0 Å². The van der Waals surface area contributed by atoms with Crippen LogP contribution in [0.1, 0.15) is 31.2 Å². The number of piperidine rings is 1. The quantitative estimate of drug-likeness (QED) is 0.726. The van der Waals surface area contributed by atoms with Crippen LogP contribution >= 0.6 is 0 Å². The summed E-state index contributed by atoms with van der Waals surface area (Å²) in [5, 5.41) is 2.90. The van der Waals surface area contributed by atoms with Crippen LogP contribution in [0.15, 0.2) is 59.5 Å². The van der Waals surface area contributed by atoms with E-state index in [-0.39, 0.29) is 23.3 Å². The fourth-order valence-corrected chi connectivity index (χ4v) is 5.86. The molecule has 2 saturated heterocycles. The molecule has 2 aromatic rings. The Morgan fingerprint density at radius 2 is 1.59 bits per heavy atom. The van der Waals surface area contributed by atoms with E-state index in [2.05, 4.69) is 5.32 Å². The molecule has 2 aliphatic rings. The Morgan fingerprint density at radius 1 is 0.906 bits per heavy atom. The number of nitrogens with one attached hydrogen (secondary N) is 1. The number of nitrogens with zero attached hydrogens (tertiary/aromatic N) is 2. The number of carbonyl (C=O) groups excluding carboxylic acids is 2. The molecule has 2 amide bonds. The molecule has 8 heteroatoms. The van der Waals surface area contributed by atoms with Gasteiger partial charge in [-0.1, -0.05) is 30.3 Å². The standard InChI is InChI=1S/C24H29N3O4S/c28-23(26-14-4-5-15-26)17-19-10-12-21(13-11-19)25-24(29)20-7-6-16-27(18-20)32(30,31)22-8-2-1-3-9-22/h1-3,8-13,20H,4-7,14-18H2,(H,25,29). The molecule has 0 radical (unpaired) electrons. The van der Waals surface area contributed by atoms with Crippen LogP contribution < -0.4 is 5.32 Å². The van der Waals surface area contributed by atoms with Crippen molar-refractivity contribution in [1.29, 1.82) is 0 Å². The first-order chi connectivity index (χ1) is 15.4. The van der Waals surface area contributed by atoms with Crippen molar-refractivity contribution >= 4 is 27.5 Å². The SMILES string of the molecule is O=C(Nc1ccc(CC(=O)N2CCCC2)cc1)C1CCCN(S(=O)(=O)c2ccccc2)C1. The second kappa shape index (κ2) is 9.83. The third-order valence-electron chi connectivity index (χ3n) is 6.17. The van der Waals surface area contributed by atoms with Crippen molar-refractivity contribution in [2.75, 3.05) is 31.5 Å². The molecule has 1 unspecified atom stereocenters. The molecular weight excluding hydrogens is 426 g/mol. The zero-order valence-corrected chi connectivity index (χ0v) is 18.9. The van der Waals surface area contributed by atoms with E-state index in [0.29, 0.717) is 31.5 Å². The molecule has 1 atom stereocenters. The summed E-state index contributed by atoms with van der Waals surface area (Å²) < 4.78 is 27.2. The highest BCUT2D eigenvalue weighted by Gasteiger charge is 2.33. The van der Waals surface area contributed by atoms with E-state index in [0.717, 1.165) is 31.5 Å². The molecular formula is C24H29N3O4S. The molecule has 1 N–H and O–H groups in total. The molecule has 4 rings (SSSR count). The number of hydrogen-bond acceptors (Lipinski definition) is 4. The summed E-state index contributed by atoms with van der Waals surface area (Å²) in [6.45, 7) is 2.27. The highest BCUT2D eigenvalue weighted by Crippen LogP contribution is 2.25. The molecule has 0 aliphatic carbocycles. The van der Waals surface area contributed by atoms with E-state index < -0.39 is 15.9 Å². The third kappa shape index (κ3) is 5.19. The maximum Gasteiger partial charge on any atom is 0.243 e. The van der Waals surface area contributed by atoms with E-state index in [1.807, 2.05) is 17.0 Å². The lowest BCUT2D eigenvalue weighted by Gasteiger charge is -2.31. The summed E-state index contributed by atoms with van der Waals surface area (Å²) in [6, 6.07) is 15.6. The summed E-state index contributed by atoms with van der Waals surface area (Å²) in [5.41, 5.74) is 1.56. The highest BCUT2D eigenvalue weighted by molar-refractivity contribution is 7.89. The Morgan fingerprint density at radius 3 is 2.28 bits per heavy atom. The monoisotopic (exact) mass is 455 g/mol. The largest absolute Gasteiger partial charge is 0.342 e. The average molecular weight is 456 g/mol. The number of anilines is 1. The predicted molar refractivity (Wildman–Crippen MR) is 123 cm³/mol. The maximum atomic E-state index is 12.9. The molecule has 0 spiro atoms. The van der Waals surface area contributed by atoms with Gasteiger partial charge in [-0.3, -0.25) is 9.59 Å². The van der Waals surface area contributed by atoms with Crippen LogP contribution in [0, 0.1) is 5.92 Å². The molecule has 2 aromatic carbocycles. The van der Waals surface area contributed by atoms with Gasteiger partial charge in [-0.15, -0.1) is 0 Å². The summed E-state index contributed by atoms with van der Waals surface area (Å²) in [6.07, 6.45) is 3.80. The predicted octanol–water partition coefficient (Wildman–Crippen LogP) is 2.89. The molecule has 7 nitrogen and oxygen atoms in total. The second-order valence-corrected chi connectivity index (χ2v) is 10.4. The summed E-state index contributed by atoms with van der Waals surface area (Å²) in [7, 11) is -3.61. The van der Waals surface area contributed by atoms with E-state index >= 15 is 0 Å². The summed E-state index contributed by atoms with van der Waals surface area (Å²) >= 11 is 0. The molecule has 0 bridgehead atoms. The zero-order valence-electron chi connectivity index (χ0n) is 18.1. The maximum absolute atomic E-state index is 12.9. The van der Waals surface area contributed by atoms with Crippen molar-refractivity contribution in [3.63, 3.8) is 0 Å². The Balaban J connectivity index is 1.34. The Bertz CT molecular complexity index is 1050. The van der Waals surface area contributed by atoms with Gasteiger partial charge >= 0.3 is 0 Å². The summed E-state index contributed by atoms with van der Waals surface area (Å²) in [5.74, 6) is -0.446. The fraction of sp³-hybridized carbons (Fsp3) is 0.417. The number of rotatable bonds is 6. The minimum absolute atomic E-state index is 0.140. The van der Waals surface area contributed by atoms with Gasteiger partial charge in [0.25, 0.3) is 0 Å². The Kier molecular flexibility index (Phi) is 6.91. The van der Waals surface area contributed by atoms with Gasteiger partial charge < -0.3 is 10.2 Å². The number of hydrogen-bond donors (Lipinski definition) is 1. The number of sulfonamides is 1. The molecule has 170 valence electrons. The van der Waals surface area contributed by atoms with E-state index in [1.165, 1.54) is 4.31 Å². The van der Waals surface area contributed by atoms with Gasteiger partial charge in [0.15, 0.2) is 0 Å². The molecule has 2 fully saturated rings. The first-order valence-corrected chi connectivity index (χ1v) is 12.6. The lowest BCUT2D eigenvalue weighted by Crippen LogP contribution is -2.43. The van der Waals surface area contributed by atoms with Crippen molar-refractivity contribution in [3.8, 4) is 0 Å². The zero-order chi connectivity index (χ0) is 22.6. The van der Waals surface area contributed by atoms with Gasteiger partial charge in [0, 0.05) is 31.9 Å². The topological polar surface area (TPSA) is 86.8 Å². The number of carbonyl (C=O) groups is 2. The van der Waals surface area contributed by atoms with E-state index in [9.17, 15) is 18.0 Å². The molecule has 0 saturated carbocycles. The van der Waals surface area contributed by atoms with Crippen molar-refractivity contribution in [2.24, 2.45) is 5.92 Å². The van der Waals surface area contributed by atoms with Crippen LogP contribution in [0.3, 0.4) is 0 Å². The van der Waals surface area contributed by atoms with Crippen LogP contribution in [0.25, 0.3) is 0 Å². The van der Waals surface area contributed by atoms with Crippen LogP contribution in [-0.4, -0.2) is 55.6 Å². The van der Waals surface area contributed by atoms with Crippen LogP contribution in [0.4, 0.5) is 5.69 Å². The van der Waals surface area contributed by atoms with Gasteiger partial charge in [0.1, 0.15) is 0 Å². The van der Waals surface area contributed by atoms with E-state index in [4.69, 9.17) is 0 Å². The number of benzene rings is 2. The van der Waals surface area contributed by atoms with Gasteiger partial charge in [0.2, 0.25) is 21.8 Å². The van der Waals surface area contributed by atoms with Gasteiger partial charge in [0.05, 0.1) is 17.2 Å². The Hall–Kier alpha value is -2.71. The minimum Gasteiger partial charge on any atom is -0.342 e. The minimum atomic E-state index is -3.61. The van der Waals surface area contributed by atoms with Crippen molar-refractivity contribution < 1.29 is 18.0 Å². The molecule has 0 aromatic heterocycles. The van der Waals surface area contributed by atoms with Crippen LogP contribution in [0.2, 0.25) is 0 Å². The van der Waals surface area contributed by atoms with Crippen LogP contribution in [0.5, 0.6) is 0 Å². The first-order valence-electron chi connectivity index (χ1n) is 11.2. The molecule has 32 heavy (non-hydrogen) atoms. The van der Waals surface area contributed by atoms with Gasteiger partial charge in [-0.2, -0.15) is 4.31 Å². The van der Waals surface area contributed by atoms with Gasteiger partial charge in [-0.05, 0) is 55.5 Å². The van der Waals surface area contributed by atoms with E-state index in [1.54, 1.807) is 42.5 Å². The average Bonchev–Trinajstić information content (AvgIpc) is 3.36. The lowest BCUT2D eigenvalue weighted by molar-refractivity contribution is -0.129. The third-order valence-corrected chi connectivity index (χ3v) is 8.05. The second-order valence-electron chi connectivity index (χ2n) is 8.47. The summed E-state index contributed by atoms with van der Waals surface area (Å²) in [4.78, 5) is 27.3. The smallest absolute Gasteiger partial charge is 0.243 e. The number of amides is 2. The van der Waals surface area contributed by atoms with Crippen molar-refractivity contribution in [1.82, 2.24) is 9.21 Å².